The quantitative estimate of drug-likeness (QED) is 0.896. The molecule has 1 saturated carbocycles. The summed E-state index contributed by atoms with van der Waals surface area (Å²) in [5.41, 5.74) is 2.62. The predicted molar refractivity (Wildman–Crippen MR) is 74.7 cm³/mol. The van der Waals surface area contributed by atoms with E-state index >= 15 is 0 Å². The third-order valence-corrected chi connectivity index (χ3v) is 5.70. The number of benzene rings is 1. The Morgan fingerprint density at radius 1 is 1.21 bits per heavy atom. The van der Waals surface area contributed by atoms with Crippen molar-refractivity contribution in [3.63, 3.8) is 0 Å². The van der Waals surface area contributed by atoms with Gasteiger partial charge in [0.15, 0.2) is 0 Å². The molecule has 2 rings (SSSR count). The first-order valence-electron chi connectivity index (χ1n) is 6.58. The van der Waals surface area contributed by atoms with Crippen LogP contribution in [-0.4, -0.2) is 37.0 Å². The first kappa shape index (κ1) is 14.5. The van der Waals surface area contributed by atoms with Crippen LogP contribution >= 0.6 is 0 Å². The van der Waals surface area contributed by atoms with Crippen molar-refractivity contribution in [3.8, 4) is 0 Å². The van der Waals surface area contributed by atoms with E-state index in [9.17, 15) is 8.42 Å². The van der Waals surface area contributed by atoms with Gasteiger partial charge in [0, 0.05) is 12.6 Å². The fourth-order valence-electron chi connectivity index (χ4n) is 2.65. The molecule has 0 heterocycles. The molecule has 1 N–H and O–H groups in total. The number of aliphatic hydroxyl groups is 1. The summed E-state index contributed by atoms with van der Waals surface area (Å²) in [7, 11) is -3.50. The highest BCUT2D eigenvalue weighted by Gasteiger charge is 2.38. The lowest BCUT2D eigenvalue weighted by molar-refractivity contribution is 0.250. The first-order valence-corrected chi connectivity index (χ1v) is 8.02. The van der Waals surface area contributed by atoms with Crippen LogP contribution in [-0.2, 0) is 10.0 Å². The lowest BCUT2D eigenvalue weighted by Crippen LogP contribution is -2.36. The SMILES string of the molecule is Cc1cc(C)c(S(=O)(=O)N(CCO)C2CC2)c(C)c1. The van der Waals surface area contributed by atoms with Gasteiger partial charge in [0.2, 0.25) is 10.0 Å². The summed E-state index contributed by atoms with van der Waals surface area (Å²) in [6, 6.07) is 3.85. The van der Waals surface area contributed by atoms with Gasteiger partial charge in [-0.15, -0.1) is 0 Å². The van der Waals surface area contributed by atoms with Gasteiger partial charge in [0.25, 0.3) is 0 Å². The summed E-state index contributed by atoms with van der Waals surface area (Å²) in [6.07, 6.45) is 1.78. The molecule has 0 bridgehead atoms. The number of hydrogen-bond donors (Lipinski definition) is 1. The summed E-state index contributed by atoms with van der Waals surface area (Å²) in [4.78, 5) is 0.401. The summed E-state index contributed by atoms with van der Waals surface area (Å²) >= 11 is 0. The summed E-state index contributed by atoms with van der Waals surface area (Å²) in [5, 5.41) is 9.10. The molecule has 0 radical (unpaired) electrons. The summed E-state index contributed by atoms with van der Waals surface area (Å²) in [6.45, 7) is 5.66. The maximum Gasteiger partial charge on any atom is 0.243 e. The van der Waals surface area contributed by atoms with Crippen molar-refractivity contribution < 1.29 is 13.5 Å². The second-order valence-corrected chi connectivity index (χ2v) is 7.13. The average molecular weight is 283 g/mol. The van der Waals surface area contributed by atoms with Gasteiger partial charge in [-0.05, 0) is 44.7 Å². The van der Waals surface area contributed by atoms with E-state index in [1.165, 1.54) is 4.31 Å². The van der Waals surface area contributed by atoms with Crippen LogP contribution in [0.3, 0.4) is 0 Å². The Morgan fingerprint density at radius 2 is 1.74 bits per heavy atom. The van der Waals surface area contributed by atoms with Crippen molar-refractivity contribution in [2.45, 2.75) is 44.6 Å². The average Bonchev–Trinajstić information content (AvgIpc) is 3.07. The number of rotatable bonds is 5. The fraction of sp³-hybridized carbons (Fsp3) is 0.571. The van der Waals surface area contributed by atoms with Crippen LogP contribution < -0.4 is 0 Å². The van der Waals surface area contributed by atoms with Crippen molar-refractivity contribution in [3.05, 3.63) is 28.8 Å². The van der Waals surface area contributed by atoms with Crippen molar-refractivity contribution in [1.29, 1.82) is 0 Å². The van der Waals surface area contributed by atoms with Gasteiger partial charge in [-0.2, -0.15) is 4.31 Å². The van der Waals surface area contributed by atoms with Gasteiger partial charge >= 0.3 is 0 Å². The second-order valence-electron chi connectivity index (χ2n) is 5.30. The van der Waals surface area contributed by atoms with Crippen molar-refractivity contribution in [1.82, 2.24) is 4.31 Å². The summed E-state index contributed by atoms with van der Waals surface area (Å²) in [5.74, 6) is 0. The van der Waals surface area contributed by atoms with Crippen molar-refractivity contribution >= 4 is 10.0 Å². The minimum atomic E-state index is -3.50. The topological polar surface area (TPSA) is 57.6 Å². The molecule has 19 heavy (non-hydrogen) atoms. The molecular weight excluding hydrogens is 262 g/mol. The van der Waals surface area contributed by atoms with Crippen LogP contribution in [0.2, 0.25) is 0 Å². The van der Waals surface area contributed by atoms with E-state index in [0.29, 0.717) is 4.90 Å². The van der Waals surface area contributed by atoms with Crippen molar-refractivity contribution in [2.75, 3.05) is 13.2 Å². The van der Waals surface area contributed by atoms with E-state index in [4.69, 9.17) is 5.11 Å². The van der Waals surface area contributed by atoms with Gasteiger partial charge in [0.1, 0.15) is 0 Å². The lowest BCUT2D eigenvalue weighted by Gasteiger charge is -2.23. The molecule has 1 aromatic carbocycles. The first-order chi connectivity index (χ1) is 8.87. The van der Waals surface area contributed by atoms with Crippen LogP contribution in [0.25, 0.3) is 0 Å². The number of aryl methyl sites for hydroxylation is 3. The van der Waals surface area contributed by atoms with Gasteiger partial charge < -0.3 is 5.11 Å². The monoisotopic (exact) mass is 283 g/mol. The Hall–Kier alpha value is -0.910. The van der Waals surface area contributed by atoms with Gasteiger partial charge in [-0.25, -0.2) is 8.42 Å². The minimum Gasteiger partial charge on any atom is -0.395 e. The zero-order valence-corrected chi connectivity index (χ0v) is 12.5. The van der Waals surface area contributed by atoms with Gasteiger partial charge in [0.05, 0.1) is 11.5 Å². The molecule has 4 nitrogen and oxygen atoms in total. The molecular formula is C14H21NO3S. The maximum atomic E-state index is 12.8. The number of nitrogens with zero attached hydrogens (tertiary/aromatic N) is 1. The smallest absolute Gasteiger partial charge is 0.243 e. The molecule has 0 aliphatic heterocycles. The highest BCUT2D eigenvalue weighted by atomic mass is 32.2. The molecule has 1 aliphatic carbocycles. The molecule has 1 aliphatic rings. The molecule has 0 amide bonds. The normalized spacial score (nSPS) is 16.1. The fourth-order valence-corrected chi connectivity index (χ4v) is 4.74. The third-order valence-electron chi connectivity index (χ3n) is 3.45. The maximum absolute atomic E-state index is 12.8. The molecule has 1 fully saturated rings. The van der Waals surface area contributed by atoms with Crippen LogP contribution in [0.1, 0.15) is 29.5 Å². The van der Waals surface area contributed by atoms with Crippen molar-refractivity contribution in [2.24, 2.45) is 0 Å². The van der Waals surface area contributed by atoms with E-state index in [0.717, 1.165) is 29.5 Å². The highest BCUT2D eigenvalue weighted by molar-refractivity contribution is 7.89. The van der Waals surface area contributed by atoms with Crippen LogP contribution in [0.15, 0.2) is 17.0 Å². The molecule has 1 aromatic rings. The Morgan fingerprint density at radius 3 is 2.16 bits per heavy atom. The molecule has 0 aromatic heterocycles. The summed E-state index contributed by atoms with van der Waals surface area (Å²) < 4.78 is 27.0. The predicted octanol–water partition coefficient (Wildman–Crippen LogP) is 1.76. The minimum absolute atomic E-state index is 0.0669. The molecule has 0 saturated heterocycles. The Labute approximate surface area is 115 Å². The lowest BCUT2D eigenvalue weighted by atomic mass is 10.1. The molecule has 0 spiro atoms. The molecule has 0 unspecified atom stereocenters. The highest BCUT2D eigenvalue weighted by Crippen LogP contribution is 2.34. The van der Waals surface area contributed by atoms with E-state index in [1.54, 1.807) is 0 Å². The zero-order valence-electron chi connectivity index (χ0n) is 11.7. The zero-order chi connectivity index (χ0) is 14.2. The largest absolute Gasteiger partial charge is 0.395 e. The second kappa shape index (κ2) is 5.23. The molecule has 5 heteroatoms. The van der Waals surface area contributed by atoms with E-state index < -0.39 is 10.0 Å². The Kier molecular flexibility index (Phi) is 3.99. The van der Waals surface area contributed by atoms with Gasteiger partial charge in [-0.1, -0.05) is 17.7 Å². The number of hydrogen-bond acceptors (Lipinski definition) is 3. The van der Waals surface area contributed by atoms with E-state index in [-0.39, 0.29) is 19.2 Å². The molecule has 106 valence electrons. The number of aliphatic hydroxyl groups excluding tert-OH is 1. The van der Waals surface area contributed by atoms with Crippen LogP contribution in [0.5, 0.6) is 0 Å². The van der Waals surface area contributed by atoms with Crippen LogP contribution in [0.4, 0.5) is 0 Å². The van der Waals surface area contributed by atoms with Crippen LogP contribution in [0, 0.1) is 20.8 Å². The standard InChI is InChI=1S/C14H21NO3S/c1-10-8-11(2)14(12(3)9-10)19(17,18)15(6-7-16)13-4-5-13/h8-9,13,16H,4-7H2,1-3H3. The van der Waals surface area contributed by atoms with E-state index in [1.807, 2.05) is 32.9 Å². The van der Waals surface area contributed by atoms with E-state index in [2.05, 4.69) is 0 Å². The Bertz CT molecular complexity index is 553. The molecule has 0 atom stereocenters. The third kappa shape index (κ3) is 2.83. The van der Waals surface area contributed by atoms with Gasteiger partial charge in [-0.3, -0.25) is 0 Å². The number of sulfonamides is 1. The Balaban J connectivity index is 2.49.